The summed E-state index contributed by atoms with van der Waals surface area (Å²) in [6, 6.07) is 16.6. The third kappa shape index (κ3) is 5.35. The highest BCUT2D eigenvalue weighted by Crippen LogP contribution is 2.27. The summed E-state index contributed by atoms with van der Waals surface area (Å²) in [6.45, 7) is 14.9. The Labute approximate surface area is 213 Å². The lowest BCUT2D eigenvalue weighted by atomic mass is 9.96. The van der Waals surface area contributed by atoms with Crippen molar-refractivity contribution in [3.05, 3.63) is 61.0 Å². The number of benzene rings is 2. The van der Waals surface area contributed by atoms with Gasteiger partial charge in [0, 0.05) is 50.5 Å². The normalized spacial score (nSPS) is 19.0. The van der Waals surface area contributed by atoms with E-state index in [4.69, 9.17) is 9.72 Å². The van der Waals surface area contributed by atoms with Crippen molar-refractivity contribution in [1.29, 1.82) is 0 Å². The van der Waals surface area contributed by atoms with Gasteiger partial charge in [-0.05, 0) is 64.5 Å². The molecule has 2 aliphatic rings. The lowest BCUT2D eigenvalue weighted by Gasteiger charge is -2.41. The van der Waals surface area contributed by atoms with Crippen molar-refractivity contribution < 1.29 is 9.53 Å². The van der Waals surface area contributed by atoms with Gasteiger partial charge in [0.25, 0.3) is 0 Å². The van der Waals surface area contributed by atoms with Gasteiger partial charge in [0.2, 0.25) is 5.91 Å². The van der Waals surface area contributed by atoms with E-state index in [0.717, 1.165) is 68.0 Å². The fourth-order valence-corrected chi connectivity index (χ4v) is 5.21. The van der Waals surface area contributed by atoms with E-state index >= 15 is 0 Å². The molecule has 0 spiro atoms. The van der Waals surface area contributed by atoms with Gasteiger partial charge in [0.05, 0.1) is 17.0 Å². The number of amides is 1. The van der Waals surface area contributed by atoms with Gasteiger partial charge in [-0.25, -0.2) is 4.98 Å². The highest BCUT2D eigenvalue weighted by molar-refractivity contribution is 5.80. The summed E-state index contributed by atoms with van der Waals surface area (Å²) in [7, 11) is 0. The number of hydrogen-bond donors (Lipinski definition) is 1. The van der Waals surface area contributed by atoms with E-state index < -0.39 is 0 Å². The number of aromatic nitrogens is 2. The predicted octanol–water partition coefficient (Wildman–Crippen LogP) is 4.88. The molecule has 2 saturated heterocycles. The first kappa shape index (κ1) is 24.2. The van der Waals surface area contributed by atoms with E-state index in [2.05, 4.69) is 45.6 Å². The average Bonchev–Trinajstić information content (AvgIpc) is 3.32. The Morgan fingerprint density at radius 3 is 2.56 bits per heavy atom. The zero-order valence-electron chi connectivity index (χ0n) is 21.7. The Bertz CT molecular complexity index is 1200. The van der Waals surface area contributed by atoms with Gasteiger partial charge >= 0.3 is 0 Å². The number of nitrogens with one attached hydrogen (secondary N) is 1. The van der Waals surface area contributed by atoms with Gasteiger partial charge in [0.15, 0.2) is 5.88 Å². The molecule has 0 radical (unpaired) electrons. The Balaban J connectivity index is 1.19. The maximum Gasteiger partial charge on any atom is 0.227 e. The summed E-state index contributed by atoms with van der Waals surface area (Å²) < 4.78 is 5.97. The van der Waals surface area contributed by atoms with E-state index in [1.54, 1.807) is 0 Å². The van der Waals surface area contributed by atoms with Crippen LogP contribution in [-0.2, 0) is 9.53 Å². The molecular formula is C29H37N5O2. The number of imidazole rings is 1. The second-order valence-electron chi connectivity index (χ2n) is 10.9. The van der Waals surface area contributed by atoms with Gasteiger partial charge in [-0.15, -0.1) is 0 Å². The van der Waals surface area contributed by atoms with Crippen LogP contribution >= 0.6 is 0 Å². The largest absolute Gasteiger partial charge is 0.474 e. The molecule has 3 aromatic rings. The van der Waals surface area contributed by atoms with E-state index in [1.165, 1.54) is 5.69 Å². The number of H-pyrrole nitrogens is 1. The number of nitrogens with zero attached hydrogens (tertiary/aromatic N) is 4. The number of piperazine rings is 1. The zero-order valence-corrected chi connectivity index (χ0v) is 21.7. The summed E-state index contributed by atoms with van der Waals surface area (Å²) in [5.74, 6) is 1.82. The van der Waals surface area contributed by atoms with E-state index in [1.807, 2.05) is 49.9 Å². The number of anilines is 1. The standard InChI is InChI=1S/C29H37N5O2/c1-21(36-29(2,3)4)34-14-8-10-23(20-34)28(35)33-17-15-32(16-18-33)24-11-7-9-22(19-24)27-30-25-12-5-6-13-26(25)31-27/h5-7,9,11-13,19,23H,1,8,10,14-18,20H2,2-4H3,(H,30,31). The molecule has 36 heavy (non-hydrogen) atoms. The van der Waals surface area contributed by atoms with Crippen molar-refractivity contribution in [3.8, 4) is 11.4 Å². The van der Waals surface area contributed by atoms with Crippen molar-refractivity contribution >= 4 is 22.6 Å². The number of carbonyl (C=O) groups is 1. The zero-order chi connectivity index (χ0) is 25.3. The molecule has 0 saturated carbocycles. The molecule has 190 valence electrons. The first-order valence-electron chi connectivity index (χ1n) is 13.0. The molecule has 1 aromatic heterocycles. The van der Waals surface area contributed by atoms with Gasteiger partial charge in [-0.2, -0.15) is 0 Å². The Kier molecular flexibility index (Phi) is 6.65. The van der Waals surface area contributed by atoms with Crippen LogP contribution in [0.3, 0.4) is 0 Å². The Morgan fingerprint density at radius 2 is 1.81 bits per heavy atom. The SMILES string of the molecule is C=C(OC(C)(C)C)N1CCCC(C(=O)N2CCN(c3cccc(-c4nc5ccccc5[nH]4)c3)CC2)C1. The van der Waals surface area contributed by atoms with Crippen LogP contribution in [0.25, 0.3) is 22.4 Å². The fraction of sp³-hybridized carbons (Fsp3) is 0.448. The molecule has 1 atom stereocenters. The molecule has 2 aromatic carbocycles. The Morgan fingerprint density at radius 1 is 1.03 bits per heavy atom. The molecule has 7 nitrogen and oxygen atoms in total. The van der Waals surface area contributed by atoms with Crippen LogP contribution in [0.4, 0.5) is 5.69 Å². The molecule has 5 rings (SSSR count). The molecule has 1 N–H and O–H groups in total. The maximum atomic E-state index is 13.4. The second kappa shape index (κ2) is 9.88. The summed E-state index contributed by atoms with van der Waals surface area (Å²) in [6.07, 6.45) is 1.91. The van der Waals surface area contributed by atoms with Crippen molar-refractivity contribution in [1.82, 2.24) is 19.8 Å². The van der Waals surface area contributed by atoms with Crippen LogP contribution in [0.2, 0.25) is 0 Å². The highest BCUT2D eigenvalue weighted by Gasteiger charge is 2.32. The number of ether oxygens (including phenoxy) is 1. The summed E-state index contributed by atoms with van der Waals surface area (Å²) in [5, 5.41) is 0. The van der Waals surface area contributed by atoms with E-state index in [9.17, 15) is 4.79 Å². The molecule has 0 aliphatic carbocycles. The van der Waals surface area contributed by atoms with Crippen LogP contribution < -0.4 is 4.90 Å². The number of hydrogen-bond acceptors (Lipinski definition) is 5. The van der Waals surface area contributed by atoms with E-state index in [-0.39, 0.29) is 17.4 Å². The van der Waals surface area contributed by atoms with Crippen LogP contribution in [0, 0.1) is 5.92 Å². The quantitative estimate of drug-likeness (QED) is 0.520. The third-order valence-corrected chi connectivity index (χ3v) is 7.01. The number of likely N-dealkylation sites (tertiary alicyclic amines) is 1. The van der Waals surface area contributed by atoms with Gasteiger partial charge < -0.3 is 24.4 Å². The minimum absolute atomic E-state index is 0.00188. The Hall–Kier alpha value is -3.48. The number of rotatable bonds is 5. The predicted molar refractivity (Wildman–Crippen MR) is 145 cm³/mol. The van der Waals surface area contributed by atoms with E-state index in [0.29, 0.717) is 12.4 Å². The average molecular weight is 488 g/mol. The van der Waals surface area contributed by atoms with Crippen LogP contribution in [0.15, 0.2) is 61.0 Å². The fourth-order valence-electron chi connectivity index (χ4n) is 5.21. The van der Waals surface area contributed by atoms with Crippen LogP contribution in [-0.4, -0.2) is 70.5 Å². The summed E-state index contributed by atoms with van der Waals surface area (Å²) >= 11 is 0. The second-order valence-corrected chi connectivity index (χ2v) is 10.9. The molecule has 1 unspecified atom stereocenters. The molecule has 2 aliphatic heterocycles. The van der Waals surface area contributed by atoms with Crippen molar-refractivity contribution in [2.45, 2.75) is 39.2 Å². The molecular weight excluding hydrogens is 450 g/mol. The van der Waals surface area contributed by atoms with Crippen LogP contribution in [0.1, 0.15) is 33.6 Å². The lowest BCUT2D eigenvalue weighted by molar-refractivity contribution is -0.138. The topological polar surface area (TPSA) is 64.7 Å². The summed E-state index contributed by atoms with van der Waals surface area (Å²) in [5.41, 5.74) is 3.97. The van der Waals surface area contributed by atoms with Crippen LogP contribution in [0.5, 0.6) is 0 Å². The lowest BCUT2D eigenvalue weighted by Crippen LogP contribution is -2.52. The summed E-state index contributed by atoms with van der Waals surface area (Å²) in [4.78, 5) is 28.1. The molecule has 3 heterocycles. The van der Waals surface area contributed by atoms with Crippen molar-refractivity contribution in [2.75, 3.05) is 44.2 Å². The molecule has 1 amide bonds. The van der Waals surface area contributed by atoms with Gasteiger partial charge in [-0.3, -0.25) is 4.79 Å². The molecule has 2 fully saturated rings. The monoisotopic (exact) mass is 487 g/mol. The van der Waals surface area contributed by atoms with Crippen molar-refractivity contribution in [3.63, 3.8) is 0 Å². The van der Waals surface area contributed by atoms with Gasteiger partial charge in [0.1, 0.15) is 11.4 Å². The first-order chi connectivity index (χ1) is 17.3. The third-order valence-electron chi connectivity index (χ3n) is 7.01. The molecule has 0 bridgehead atoms. The first-order valence-corrected chi connectivity index (χ1v) is 13.0. The number of aromatic amines is 1. The van der Waals surface area contributed by atoms with Gasteiger partial charge in [-0.1, -0.05) is 24.3 Å². The maximum absolute atomic E-state index is 13.4. The molecule has 7 heteroatoms. The smallest absolute Gasteiger partial charge is 0.227 e. The minimum atomic E-state index is -0.286. The number of para-hydroxylation sites is 2. The minimum Gasteiger partial charge on any atom is -0.474 e. The number of fused-ring (bicyclic) bond motifs is 1. The number of piperidine rings is 1. The number of carbonyl (C=O) groups excluding carboxylic acids is 1. The highest BCUT2D eigenvalue weighted by atomic mass is 16.5. The van der Waals surface area contributed by atoms with Crippen molar-refractivity contribution in [2.24, 2.45) is 5.92 Å².